The van der Waals surface area contributed by atoms with Crippen molar-refractivity contribution in [2.75, 3.05) is 26.2 Å². The van der Waals surface area contributed by atoms with Crippen LogP contribution in [-0.2, 0) is 4.74 Å². The van der Waals surface area contributed by atoms with Crippen LogP contribution < -0.4 is 5.73 Å². The maximum atomic E-state index is 5.53. The van der Waals surface area contributed by atoms with Gasteiger partial charge in [-0.05, 0) is 12.8 Å². The van der Waals surface area contributed by atoms with Gasteiger partial charge in [0.2, 0.25) is 0 Å². The molecule has 2 rings (SSSR count). The van der Waals surface area contributed by atoms with E-state index in [2.05, 4.69) is 4.90 Å². The van der Waals surface area contributed by atoms with Crippen molar-refractivity contribution in [3.05, 3.63) is 0 Å². The van der Waals surface area contributed by atoms with Gasteiger partial charge in [-0.15, -0.1) is 0 Å². The summed E-state index contributed by atoms with van der Waals surface area (Å²) in [5.41, 5.74) is 5.53. The molecule has 0 aromatic rings. The number of nitrogens with zero attached hydrogens (tertiary/aromatic N) is 1. The summed E-state index contributed by atoms with van der Waals surface area (Å²) in [6.07, 6.45) is 3.07. The Hall–Kier alpha value is -0.120. The number of hydrogen-bond donors (Lipinski definition) is 1. The summed E-state index contributed by atoms with van der Waals surface area (Å²) in [4.78, 5) is 2.51. The minimum Gasteiger partial charge on any atom is -0.374 e. The second-order valence-corrected chi connectivity index (χ2v) is 3.45. The molecule has 1 saturated carbocycles. The SMILES string of the molecule is NC[C@H]1CN(C2CC2)CCO1. The first-order valence-electron chi connectivity index (χ1n) is 4.46. The predicted molar refractivity (Wildman–Crippen MR) is 43.4 cm³/mol. The van der Waals surface area contributed by atoms with Crippen LogP contribution in [0.4, 0.5) is 0 Å². The number of ether oxygens (including phenoxy) is 1. The van der Waals surface area contributed by atoms with E-state index in [1.807, 2.05) is 0 Å². The fourth-order valence-electron chi connectivity index (χ4n) is 1.66. The van der Waals surface area contributed by atoms with Crippen molar-refractivity contribution < 1.29 is 4.74 Å². The van der Waals surface area contributed by atoms with Crippen LogP contribution in [0.25, 0.3) is 0 Å². The van der Waals surface area contributed by atoms with Gasteiger partial charge in [-0.3, -0.25) is 4.90 Å². The highest BCUT2D eigenvalue weighted by Crippen LogP contribution is 2.27. The van der Waals surface area contributed by atoms with Crippen LogP contribution in [0.15, 0.2) is 0 Å². The van der Waals surface area contributed by atoms with E-state index in [1.165, 1.54) is 12.8 Å². The van der Waals surface area contributed by atoms with Crippen LogP contribution in [0.5, 0.6) is 0 Å². The van der Waals surface area contributed by atoms with Crippen molar-refractivity contribution in [1.82, 2.24) is 4.90 Å². The molecule has 3 heteroatoms. The van der Waals surface area contributed by atoms with Gasteiger partial charge in [0.15, 0.2) is 0 Å². The van der Waals surface area contributed by atoms with Crippen LogP contribution in [0.1, 0.15) is 12.8 Å². The number of rotatable bonds is 2. The Morgan fingerprint density at radius 2 is 2.27 bits per heavy atom. The fraction of sp³-hybridized carbons (Fsp3) is 1.00. The summed E-state index contributed by atoms with van der Waals surface area (Å²) in [6.45, 7) is 3.71. The van der Waals surface area contributed by atoms with Crippen molar-refractivity contribution >= 4 is 0 Å². The minimum atomic E-state index is 0.296. The average molecular weight is 156 g/mol. The van der Waals surface area contributed by atoms with Crippen LogP contribution in [0.2, 0.25) is 0 Å². The molecule has 1 aliphatic heterocycles. The summed E-state index contributed by atoms with van der Waals surface area (Å²) in [5, 5.41) is 0. The summed E-state index contributed by atoms with van der Waals surface area (Å²) >= 11 is 0. The van der Waals surface area contributed by atoms with Gasteiger partial charge in [0.1, 0.15) is 0 Å². The Balaban J connectivity index is 1.82. The molecule has 2 fully saturated rings. The van der Waals surface area contributed by atoms with E-state index in [0.29, 0.717) is 12.6 Å². The molecule has 1 atom stereocenters. The van der Waals surface area contributed by atoms with Gasteiger partial charge in [-0.2, -0.15) is 0 Å². The van der Waals surface area contributed by atoms with E-state index >= 15 is 0 Å². The predicted octanol–water partition coefficient (Wildman–Crippen LogP) is -0.192. The van der Waals surface area contributed by atoms with Gasteiger partial charge >= 0.3 is 0 Å². The smallest absolute Gasteiger partial charge is 0.0824 e. The van der Waals surface area contributed by atoms with Gasteiger partial charge in [0, 0.05) is 25.7 Å². The van der Waals surface area contributed by atoms with Gasteiger partial charge in [0.25, 0.3) is 0 Å². The molecule has 1 saturated heterocycles. The number of hydrogen-bond acceptors (Lipinski definition) is 3. The van der Waals surface area contributed by atoms with Crippen molar-refractivity contribution in [1.29, 1.82) is 0 Å². The lowest BCUT2D eigenvalue weighted by molar-refractivity contribution is -0.0261. The zero-order chi connectivity index (χ0) is 7.68. The molecule has 0 aromatic heterocycles. The maximum absolute atomic E-state index is 5.53. The molecule has 1 heterocycles. The van der Waals surface area contributed by atoms with Crippen LogP contribution in [0, 0.1) is 0 Å². The Bertz CT molecular complexity index is 136. The van der Waals surface area contributed by atoms with Crippen LogP contribution >= 0.6 is 0 Å². The third-order valence-electron chi connectivity index (χ3n) is 2.50. The standard InChI is InChI=1S/C8H16N2O/c9-5-8-6-10(3-4-11-8)7-1-2-7/h7-8H,1-6,9H2/t8-/m0/s1. The lowest BCUT2D eigenvalue weighted by atomic mass is 10.2. The van der Waals surface area contributed by atoms with Gasteiger partial charge in [0.05, 0.1) is 12.7 Å². The molecule has 3 nitrogen and oxygen atoms in total. The molecule has 0 spiro atoms. The van der Waals surface area contributed by atoms with Crippen molar-refractivity contribution in [3.8, 4) is 0 Å². The highest BCUT2D eigenvalue weighted by molar-refractivity contribution is 4.87. The van der Waals surface area contributed by atoms with Crippen molar-refractivity contribution in [2.45, 2.75) is 25.0 Å². The second-order valence-electron chi connectivity index (χ2n) is 3.45. The molecule has 1 aliphatic carbocycles. The molecule has 2 N–H and O–H groups in total. The Morgan fingerprint density at radius 3 is 2.91 bits per heavy atom. The molecular weight excluding hydrogens is 140 g/mol. The average Bonchev–Trinajstić information content (AvgIpc) is 2.87. The van der Waals surface area contributed by atoms with Crippen molar-refractivity contribution in [3.63, 3.8) is 0 Å². The lowest BCUT2D eigenvalue weighted by Crippen LogP contribution is -2.46. The molecule has 0 aromatic carbocycles. The molecule has 64 valence electrons. The third-order valence-corrected chi connectivity index (χ3v) is 2.50. The van der Waals surface area contributed by atoms with E-state index in [0.717, 1.165) is 25.7 Å². The zero-order valence-electron chi connectivity index (χ0n) is 6.83. The van der Waals surface area contributed by atoms with Crippen LogP contribution in [-0.4, -0.2) is 43.3 Å². The molecular formula is C8H16N2O. The molecule has 0 radical (unpaired) electrons. The Labute approximate surface area is 67.5 Å². The van der Waals surface area contributed by atoms with E-state index < -0.39 is 0 Å². The molecule has 0 unspecified atom stereocenters. The van der Waals surface area contributed by atoms with Gasteiger partial charge in [-0.1, -0.05) is 0 Å². The third kappa shape index (κ3) is 1.72. The quantitative estimate of drug-likeness (QED) is 0.602. The van der Waals surface area contributed by atoms with Crippen LogP contribution in [0.3, 0.4) is 0 Å². The highest BCUT2D eigenvalue weighted by atomic mass is 16.5. The number of morpholine rings is 1. The molecule has 0 amide bonds. The highest BCUT2D eigenvalue weighted by Gasteiger charge is 2.32. The Kier molecular flexibility index (Phi) is 2.11. The monoisotopic (exact) mass is 156 g/mol. The fourth-order valence-corrected chi connectivity index (χ4v) is 1.66. The van der Waals surface area contributed by atoms with E-state index in [-0.39, 0.29) is 0 Å². The van der Waals surface area contributed by atoms with E-state index in [9.17, 15) is 0 Å². The molecule has 0 bridgehead atoms. The first-order valence-corrected chi connectivity index (χ1v) is 4.46. The molecule has 11 heavy (non-hydrogen) atoms. The minimum absolute atomic E-state index is 0.296. The number of nitrogens with two attached hydrogens (primary N) is 1. The Morgan fingerprint density at radius 1 is 1.45 bits per heavy atom. The lowest BCUT2D eigenvalue weighted by Gasteiger charge is -2.32. The normalized spacial score (nSPS) is 34.1. The van der Waals surface area contributed by atoms with E-state index in [4.69, 9.17) is 10.5 Å². The van der Waals surface area contributed by atoms with E-state index in [1.54, 1.807) is 0 Å². The largest absolute Gasteiger partial charge is 0.374 e. The first kappa shape index (κ1) is 7.53. The molecule has 2 aliphatic rings. The topological polar surface area (TPSA) is 38.5 Å². The van der Waals surface area contributed by atoms with Gasteiger partial charge in [-0.25, -0.2) is 0 Å². The van der Waals surface area contributed by atoms with Gasteiger partial charge < -0.3 is 10.5 Å². The van der Waals surface area contributed by atoms with Crippen molar-refractivity contribution in [2.24, 2.45) is 5.73 Å². The second kappa shape index (κ2) is 3.09. The first-order chi connectivity index (χ1) is 5.40. The maximum Gasteiger partial charge on any atom is 0.0824 e. The summed E-state index contributed by atoms with van der Waals surface area (Å²) < 4.78 is 5.47. The summed E-state index contributed by atoms with van der Waals surface area (Å²) in [5.74, 6) is 0. The summed E-state index contributed by atoms with van der Waals surface area (Å²) in [6, 6.07) is 0.868. The zero-order valence-corrected chi connectivity index (χ0v) is 6.83. The summed E-state index contributed by atoms with van der Waals surface area (Å²) in [7, 11) is 0.